The summed E-state index contributed by atoms with van der Waals surface area (Å²) in [6.45, 7) is 2.09. The molecular formula is C16H18Cl2N2S. The minimum Gasteiger partial charge on any atom is -0.271 e. The molecule has 0 aliphatic carbocycles. The van der Waals surface area contributed by atoms with Crippen LogP contribution in [0.25, 0.3) is 0 Å². The average Bonchev–Trinajstić information content (AvgIpc) is 2.48. The number of halogens is 2. The molecule has 0 saturated carbocycles. The first kappa shape index (κ1) is 16.7. The van der Waals surface area contributed by atoms with Crippen molar-refractivity contribution in [2.24, 2.45) is 5.84 Å². The maximum absolute atomic E-state index is 6.22. The quantitative estimate of drug-likeness (QED) is 0.463. The Labute approximate surface area is 140 Å². The lowest BCUT2D eigenvalue weighted by Gasteiger charge is -2.17. The van der Waals surface area contributed by atoms with Crippen LogP contribution in [0.1, 0.15) is 11.1 Å². The number of hydrazine groups is 1. The van der Waals surface area contributed by atoms with Crippen molar-refractivity contribution in [1.29, 1.82) is 0 Å². The SMILES string of the molecule is Cc1cccc(SCC(Cc2cccc(Cl)c2Cl)NN)c1. The van der Waals surface area contributed by atoms with Crippen LogP contribution in [0.3, 0.4) is 0 Å². The summed E-state index contributed by atoms with van der Waals surface area (Å²) in [5, 5.41) is 1.19. The first-order valence-electron chi connectivity index (χ1n) is 6.68. The molecule has 0 saturated heterocycles. The Morgan fingerprint density at radius 3 is 2.67 bits per heavy atom. The van der Waals surface area contributed by atoms with Crippen LogP contribution in [-0.2, 0) is 6.42 Å². The van der Waals surface area contributed by atoms with Gasteiger partial charge in [0.25, 0.3) is 0 Å². The number of hydrogen-bond donors (Lipinski definition) is 2. The zero-order valence-electron chi connectivity index (χ0n) is 11.8. The highest BCUT2D eigenvalue weighted by Gasteiger charge is 2.12. The van der Waals surface area contributed by atoms with Crippen LogP contribution in [0.15, 0.2) is 47.4 Å². The summed E-state index contributed by atoms with van der Waals surface area (Å²) < 4.78 is 0. The second-order valence-electron chi connectivity index (χ2n) is 4.91. The first-order valence-corrected chi connectivity index (χ1v) is 8.43. The number of nitrogens with two attached hydrogens (primary N) is 1. The van der Waals surface area contributed by atoms with E-state index in [2.05, 4.69) is 36.6 Å². The fourth-order valence-corrected chi connectivity index (χ4v) is 3.49. The molecule has 0 spiro atoms. The summed E-state index contributed by atoms with van der Waals surface area (Å²) in [6.07, 6.45) is 0.745. The summed E-state index contributed by atoms with van der Waals surface area (Å²) in [5.41, 5.74) is 5.13. The van der Waals surface area contributed by atoms with E-state index < -0.39 is 0 Å². The molecule has 21 heavy (non-hydrogen) atoms. The Balaban J connectivity index is 1.99. The molecule has 0 bridgehead atoms. The van der Waals surface area contributed by atoms with Gasteiger partial charge in [-0.1, -0.05) is 53.0 Å². The molecule has 2 aromatic rings. The Morgan fingerprint density at radius 1 is 1.19 bits per heavy atom. The molecule has 0 heterocycles. The van der Waals surface area contributed by atoms with Crippen LogP contribution in [-0.4, -0.2) is 11.8 Å². The predicted octanol–water partition coefficient (Wildman–Crippen LogP) is 4.47. The molecule has 0 aromatic heterocycles. The highest BCUT2D eigenvalue weighted by molar-refractivity contribution is 7.99. The normalized spacial score (nSPS) is 12.4. The third-order valence-corrected chi connectivity index (χ3v) is 5.19. The summed E-state index contributed by atoms with van der Waals surface area (Å²) in [7, 11) is 0. The molecule has 112 valence electrons. The lowest BCUT2D eigenvalue weighted by atomic mass is 10.1. The molecule has 3 N–H and O–H groups in total. The number of nitrogens with one attached hydrogen (secondary N) is 1. The van der Waals surface area contributed by atoms with Crippen LogP contribution >= 0.6 is 35.0 Å². The van der Waals surface area contributed by atoms with Crippen molar-refractivity contribution < 1.29 is 0 Å². The second kappa shape index (κ2) is 8.06. The molecule has 2 nitrogen and oxygen atoms in total. The van der Waals surface area contributed by atoms with Crippen LogP contribution in [0.4, 0.5) is 0 Å². The van der Waals surface area contributed by atoms with Gasteiger partial charge in [0.2, 0.25) is 0 Å². The van der Waals surface area contributed by atoms with Gasteiger partial charge in [-0.25, -0.2) is 0 Å². The molecule has 0 aliphatic rings. The smallest absolute Gasteiger partial charge is 0.0624 e. The largest absolute Gasteiger partial charge is 0.271 e. The van der Waals surface area contributed by atoms with Gasteiger partial charge in [-0.3, -0.25) is 11.3 Å². The van der Waals surface area contributed by atoms with Crippen LogP contribution in [0.5, 0.6) is 0 Å². The lowest BCUT2D eigenvalue weighted by molar-refractivity contribution is 0.575. The first-order chi connectivity index (χ1) is 10.1. The number of benzene rings is 2. The Kier molecular flexibility index (Phi) is 6.40. The third-order valence-electron chi connectivity index (χ3n) is 3.17. The summed E-state index contributed by atoms with van der Waals surface area (Å²) in [6, 6.07) is 14.2. The zero-order valence-corrected chi connectivity index (χ0v) is 14.1. The van der Waals surface area contributed by atoms with Gasteiger partial charge in [0.15, 0.2) is 0 Å². The predicted molar refractivity (Wildman–Crippen MR) is 93.2 cm³/mol. The van der Waals surface area contributed by atoms with E-state index in [0.29, 0.717) is 10.0 Å². The standard InChI is InChI=1S/C16H18Cl2N2S/c1-11-4-2-6-14(8-11)21-10-13(20-19)9-12-5-3-7-15(17)16(12)18/h2-8,13,20H,9-10,19H2,1H3. The van der Waals surface area contributed by atoms with Gasteiger partial charge in [0.05, 0.1) is 10.0 Å². The maximum atomic E-state index is 6.22. The molecule has 0 aliphatic heterocycles. The maximum Gasteiger partial charge on any atom is 0.0624 e. The molecule has 2 rings (SSSR count). The monoisotopic (exact) mass is 340 g/mol. The highest BCUT2D eigenvalue weighted by Crippen LogP contribution is 2.27. The Morgan fingerprint density at radius 2 is 1.95 bits per heavy atom. The Hall–Kier alpha value is -0.710. The molecule has 1 atom stereocenters. The second-order valence-corrected chi connectivity index (χ2v) is 6.79. The van der Waals surface area contributed by atoms with Crippen molar-refractivity contribution in [2.45, 2.75) is 24.3 Å². The van der Waals surface area contributed by atoms with Crippen molar-refractivity contribution in [3.63, 3.8) is 0 Å². The molecule has 0 fully saturated rings. The van der Waals surface area contributed by atoms with Gasteiger partial charge in [-0.15, -0.1) is 11.8 Å². The van der Waals surface area contributed by atoms with E-state index in [-0.39, 0.29) is 6.04 Å². The molecule has 0 radical (unpaired) electrons. The van der Waals surface area contributed by atoms with Gasteiger partial charge in [-0.2, -0.15) is 0 Å². The molecule has 2 aromatic carbocycles. The fourth-order valence-electron chi connectivity index (χ4n) is 2.04. The van der Waals surface area contributed by atoms with E-state index >= 15 is 0 Å². The van der Waals surface area contributed by atoms with Crippen molar-refractivity contribution in [3.8, 4) is 0 Å². The van der Waals surface area contributed by atoms with Crippen LogP contribution in [0.2, 0.25) is 10.0 Å². The molecular weight excluding hydrogens is 323 g/mol. The van der Waals surface area contributed by atoms with E-state index in [0.717, 1.165) is 17.7 Å². The van der Waals surface area contributed by atoms with Crippen LogP contribution in [0, 0.1) is 6.92 Å². The van der Waals surface area contributed by atoms with Crippen molar-refractivity contribution in [3.05, 3.63) is 63.6 Å². The van der Waals surface area contributed by atoms with Gasteiger partial charge in [0, 0.05) is 16.7 Å². The molecule has 0 amide bonds. The minimum atomic E-state index is 0.131. The average molecular weight is 341 g/mol. The number of aryl methyl sites for hydroxylation is 1. The molecule has 1 unspecified atom stereocenters. The van der Waals surface area contributed by atoms with Gasteiger partial charge < -0.3 is 0 Å². The number of hydrogen-bond acceptors (Lipinski definition) is 3. The Bertz CT molecular complexity index is 605. The van der Waals surface area contributed by atoms with E-state index in [4.69, 9.17) is 29.0 Å². The third kappa shape index (κ3) is 4.90. The van der Waals surface area contributed by atoms with Crippen molar-refractivity contribution in [1.82, 2.24) is 5.43 Å². The topological polar surface area (TPSA) is 38.0 Å². The van der Waals surface area contributed by atoms with E-state index in [1.165, 1.54) is 10.5 Å². The van der Waals surface area contributed by atoms with Crippen molar-refractivity contribution >= 4 is 35.0 Å². The summed E-state index contributed by atoms with van der Waals surface area (Å²) >= 11 is 14.0. The van der Waals surface area contributed by atoms with E-state index in [9.17, 15) is 0 Å². The van der Waals surface area contributed by atoms with Crippen LogP contribution < -0.4 is 11.3 Å². The minimum absolute atomic E-state index is 0.131. The molecule has 5 heteroatoms. The lowest BCUT2D eigenvalue weighted by Crippen LogP contribution is -2.38. The summed E-state index contributed by atoms with van der Waals surface area (Å²) in [4.78, 5) is 1.24. The van der Waals surface area contributed by atoms with Gasteiger partial charge in [-0.05, 0) is 37.1 Å². The fraction of sp³-hybridized carbons (Fsp3) is 0.250. The zero-order chi connectivity index (χ0) is 15.2. The van der Waals surface area contributed by atoms with Gasteiger partial charge in [0.1, 0.15) is 0 Å². The highest BCUT2D eigenvalue weighted by atomic mass is 35.5. The number of thioether (sulfide) groups is 1. The van der Waals surface area contributed by atoms with E-state index in [1.54, 1.807) is 17.8 Å². The van der Waals surface area contributed by atoms with Gasteiger partial charge >= 0.3 is 0 Å². The van der Waals surface area contributed by atoms with Crippen molar-refractivity contribution in [2.75, 3.05) is 5.75 Å². The van der Waals surface area contributed by atoms with E-state index in [1.807, 2.05) is 12.1 Å². The summed E-state index contributed by atoms with van der Waals surface area (Å²) in [5.74, 6) is 6.53. The number of rotatable bonds is 6.